The summed E-state index contributed by atoms with van der Waals surface area (Å²) in [6.45, 7) is 3.70. The van der Waals surface area contributed by atoms with Crippen LogP contribution in [0.5, 0.6) is 11.5 Å². The third-order valence-corrected chi connectivity index (χ3v) is 6.56. The van der Waals surface area contributed by atoms with E-state index in [0.29, 0.717) is 31.6 Å². The summed E-state index contributed by atoms with van der Waals surface area (Å²) in [5, 5.41) is 7.58. The Morgan fingerprint density at radius 1 is 1.13 bits per heavy atom. The number of ether oxygens (including phenoxy) is 2. The monoisotopic (exact) mass is 623 g/mol. The van der Waals surface area contributed by atoms with Gasteiger partial charge < -0.3 is 14.8 Å². The molecule has 7 nitrogen and oxygen atoms in total. The molecule has 0 fully saturated rings. The molecule has 0 aliphatic heterocycles. The second-order valence-electron chi connectivity index (χ2n) is 8.47. The van der Waals surface area contributed by atoms with Crippen molar-refractivity contribution in [2.75, 3.05) is 7.11 Å². The zero-order valence-electron chi connectivity index (χ0n) is 20.7. The standard InChI is InChI=1S/C27H25BrCl2FN3O4/c1-15(2)24(33-26(35)19-6-4-5-7-22(19)31)27(36)34-32-13-16-10-20(28)25(23(11-16)37-3)38-14-17-8-9-18(29)12-21(17)30/h4-13,15,24H,14H2,1-3H3,(H,33,35)(H,34,36). The zero-order chi connectivity index (χ0) is 27.8. The zero-order valence-corrected chi connectivity index (χ0v) is 23.8. The van der Waals surface area contributed by atoms with Crippen LogP contribution < -0.4 is 20.2 Å². The van der Waals surface area contributed by atoms with Gasteiger partial charge in [-0.1, -0.05) is 55.2 Å². The maximum Gasteiger partial charge on any atom is 0.262 e. The fourth-order valence-corrected chi connectivity index (χ4v) is 4.42. The van der Waals surface area contributed by atoms with Crippen LogP contribution in [0.2, 0.25) is 10.0 Å². The second-order valence-corrected chi connectivity index (χ2v) is 10.2. The third-order valence-electron chi connectivity index (χ3n) is 5.38. The molecule has 200 valence electrons. The van der Waals surface area contributed by atoms with E-state index in [9.17, 15) is 14.0 Å². The smallest absolute Gasteiger partial charge is 0.262 e. The van der Waals surface area contributed by atoms with E-state index in [2.05, 4.69) is 31.8 Å². The molecule has 2 amide bonds. The topological polar surface area (TPSA) is 89.0 Å². The van der Waals surface area contributed by atoms with Crippen LogP contribution in [0, 0.1) is 11.7 Å². The quantitative estimate of drug-likeness (QED) is 0.202. The predicted molar refractivity (Wildman–Crippen MR) is 150 cm³/mol. The molecule has 0 aromatic heterocycles. The highest BCUT2D eigenvalue weighted by atomic mass is 79.9. The van der Waals surface area contributed by atoms with Crippen molar-refractivity contribution in [2.24, 2.45) is 11.0 Å². The van der Waals surface area contributed by atoms with Gasteiger partial charge in [0.25, 0.3) is 11.8 Å². The molecule has 1 atom stereocenters. The van der Waals surface area contributed by atoms with Crippen LogP contribution in [-0.2, 0) is 11.4 Å². The molecule has 1 unspecified atom stereocenters. The van der Waals surface area contributed by atoms with Crippen LogP contribution in [0.4, 0.5) is 4.39 Å². The minimum absolute atomic E-state index is 0.146. The average molecular weight is 625 g/mol. The van der Waals surface area contributed by atoms with Gasteiger partial charge in [-0.05, 0) is 63.8 Å². The maximum atomic E-state index is 14.0. The van der Waals surface area contributed by atoms with Gasteiger partial charge in [-0.15, -0.1) is 0 Å². The molecule has 0 saturated carbocycles. The van der Waals surface area contributed by atoms with E-state index >= 15 is 0 Å². The van der Waals surface area contributed by atoms with E-state index in [1.807, 2.05) is 0 Å². The van der Waals surface area contributed by atoms with E-state index in [4.69, 9.17) is 32.7 Å². The van der Waals surface area contributed by atoms with Crippen LogP contribution >= 0.6 is 39.1 Å². The number of methoxy groups -OCH3 is 1. The van der Waals surface area contributed by atoms with E-state index in [1.54, 1.807) is 50.2 Å². The Kier molecular flexibility index (Phi) is 10.5. The van der Waals surface area contributed by atoms with Crippen molar-refractivity contribution >= 4 is 57.2 Å². The molecule has 11 heteroatoms. The molecular formula is C27H25BrCl2FN3O4. The van der Waals surface area contributed by atoms with Crippen molar-refractivity contribution < 1.29 is 23.5 Å². The van der Waals surface area contributed by atoms with Gasteiger partial charge >= 0.3 is 0 Å². The lowest BCUT2D eigenvalue weighted by molar-refractivity contribution is -0.123. The number of halogens is 4. The number of nitrogens with one attached hydrogen (secondary N) is 2. The van der Waals surface area contributed by atoms with Gasteiger partial charge in [-0.25, -0.2) is 9.82 Å². The Morgan fingerprint density at radius 3 is 2.53 bits per heavy atom. The summed E-state index contributed by atoms with van der Waals surface area (Å²) in [6.07, 6.45) is 1.42. The van der Waals surface area contributed by atoms with Crippen molar-refractivity contribution in [1.29, 1.82) is 0 Å². The van der Waals surface area contributed by atoms with E-state index in [-0.39, 0.29) is 18.1 Å². The van der Waals surface area contributed by atoms with Crippen LogP contribution in [0.25, 0.3) is 0 Å². The van der Waals surface area contributed by atoms with Crippen LogP contribution in [0.3, 0.4) is 0 Å². The van der Waals surface area contributed by atoms with Crippen molar-refractivity contribution in [1.82, 2.24) is 10.7 Å². The first kappa shape index (κ1) is 29.4. The number of benzene rings is 3. The summed E-state index contributed by atoms with van der Waals surface area (Å²) in [6, 6.07) is 13.2. The first-order valence-corrected chi connectivity index (χ1v) is 13.0. The van der Waals surface area contributed by atoms with Gasteiger partial charge in [-0.2, -0.15) is 5.10 Å². The first-order valence-electron chi connectivity index (χ1n) is 11.4. The molecule has 0 aliphatic carbocycles. The minimum atomic E-state index is -0.934. The van der Waals surface area contributed by atoms with Crippen molar-refractivity contribution in [3.05, 3.63) is 91.6 Å². The number of carbonyl (C=O) groups excluding carboxylic acids is 2. The molecule has 3 aromatic carbocycles. The lowest BCUT2D eigenvalue weighted by Gasteiger charge is -2.20. The summed E-state index contributed by atoms with van der Waals surface area (Å²) in [4.78, 5) is 25.2. The third kappa shape index (κ3) is 7.69. The number of carbonyl (C=O) groups is 2. The molecular weight excluding hydrogens is 600 g/mol. The van der Waals surface area contributed by atoms with Gasteiger partial charge in [-0.3, -0.25) is 9.59 Å². The molecule has 0 spiro atoms. The fourth-order valence-electron chi connectivity index (χ4n) is 3.38. The molecule has 3 rings (SSSR count). The van der Waals surface area contributed by atoms with Crippen molar-refractivity contribution in [3.8, 4) is 11.5 Å². The van der Waals surface area contributed by atoms with Gasteiger partial charge in [0.05, 0.1) is 23.4 Å². The Hall–Kier alpha value is -3.14. The predicted octanol–water partition coefficient (Wildman–Crippen LogP) is 6.39. The Bertz CT molecular complexity index is 1350. The summed E-state index contributed by atoms with van der Waals surface area (Å²) in [5.74, 6) is -1.31. The van der Waals surface area contributed by atoms with E-state index in [1.165, 1.54) is 31.5 Å². The highest BCUT2D eigenvalue weighted by Gasteiger charge is 2.25. The van der Waals surface area contributed by atoms with Crippen LogP contribution in [0.1, 0.15) is 35.3 Å². The summed E-state index contributed by atoms with van der Waals surface area (Å²) < 4.78 is 25.9. The second kappa shape index (κ2) is 13.6. The molecule has 38 heavy (non-hydrogen) atoms. The van der Waals surface area contributed by atoms with Gasteiger partial charge in [0.15, 0.2) is 11.5 Å². The van der Waals surface area contributed by atoms with Crippen LogP contribution in [-0.4, -0.2) is 31.2 Å². The Labute approximate surface area is 238 Å². The normalized spacial score (nSPS) is 11.9. The summed E-state index contributed by atoms with van der Waals surface area (Å²) in [7, 11) is 1.50. The summed E-state index contributed by atoms with van der Waals surface area (Å²) >= 11 is 15.6. The molecule has 0 radical (unpaired) electrons. The number of amides is 2. The number of hydrazone groups is 1. The van der Waals surface area contributed by atoms with Gasteiger partial charge in [0, 0.05) is 15.6 Å². The van der Waals surface area contributed by atoms with E-state index < -0.39 is 23.7 Å². The lowest BCUT2D eigenvalue weighted by atomic mass is 10.0. The molecule has 0 aliphatic rings. The highest BCUT2D eigenvalue weighted by molar-refractivity contribution is 9.10. The average Bonchev–Trinajstić information content (AvgIpc) is 2.87. The molecule has 0 saturated heterocycles. The van der Waals surface area contributed by atoms with E-state index in [0.717, 1.165) is 5.56 Å². The number of hydrogen-bond donors (Lipinski definition) is 2. The van der Waals surface area contributed by atoms with Gasteiger partial charge in [0.2, 0.25) is 0 Å². The minimum Gasteiger partial charge on any atom is -0.493 e. The molecule has 0 bridgehead atoms. The molecule has 2 N–H and O–H groups in total. The highest BCUT2D eigenvalue weighted by Crippen LogP contribution is 2.37. The lowest BCUT2D eigenvalue weighted by Crippen LogP contribution is -2.48. The maximum absolute atomic E-state index is 14.0. The fraction of sp³-hybridized carbons (Fsp3) is 0.222. The van der Waals surface area contributed by atoms with Crippen LogP contribution in [0.15, 0.2) is 64.2 Å². The Balaban J connectivity index is 1.68. The number of rotatable bonds is 10. The largest absolute Gasteiger partial charge is 0.493 e. The summed E-state index contributed by atoms with van der Waals surface area (Å²) in [5.41, 5.74) is 3.63. The number of hydrogen-bond acceptors (Lipinski definition) is 5. The Morgan fingerprint density at radius 2 is 1.87 bits per heavy atom. The molecule has 0 heterocycles. The van der Waals surface area contributed by atoms with Crippen molar-refractivity contribution in [3.63, 3.8) is 0 Å². The molecule has 3 aromatic rings. The van der Waals surface area contributed by atoms with Gasteiger partial charge in [0.1, 0.15) is 18.5 Å². The number of nitrogens with zero attached hydrogens (tertiary/aromatic N) is 1. The SMILES string of the molecule is COc1cc(C=NNC(=O)C(NC(=O)c2ccccc2F)C(C)C)cc(Br)c1OCc1ccc(Cl)cc1Cl. The first-order chi connectivity index (χ1) is 18.1. The van der Waals surface area contributed by atoms with Crippen molar-refractivity contribution in [2.45, 2.75) is 26.5 Å².